The van der Waals surface area contributed by atoms with Gasteiger partial charge in [-0.2, -0.15) is 18.2 Å². The Bertz CT molecular complexity index is 1480. The number of rotatable bonds is 7. The number of nitrogens with zero attached hydrogens (tertiary/aromatic N) is 3. The normalized spacial score (nSPS) is 13.6. The van der Waals surface area contributed by atoms with Gasteiger partial charge in [-0.25, -0.2) is 4.98 Å². The summed E-state index contributed by atoms with van der Waals surface area (Å²) in [5.41, 5.74) is 0.389. The van der Waals surface area contributed by atoms with E-state index in [1.165, 1.54) is 7.11 Å². The fourth-order valence-electron chi connectivity index (χ4n) is 4.51. The molecule has 0 spiro atoms. The highest BCUT2D eigenvalue weighted by atomic mass is 19.4. The van der Waals surface area contributed by atoms with E-state index in [1.54, 1.807) is 47.5 Å². The average Bonchev–Trinajstić information content (AvgIpc) is 3.57. The lowest BCUT2D eigenvalue weighted by molar-refractivity contribution is -0.137. The number of aromatic hydroxyl groups is 1. The van der Waals surface area contributed by atoms with Gasteiger partial charge >= 0.3 is 6.18 Å². The Hall–Kier alpha value is -4.48. The molecule has 1 saturated heterocycles. The number of halogens is 3. The average molecular weight is 527 g/mol. The van der Waals surface area contributed by atoms with Crippen LogP contribution in [0.4, 0.5) is 30.6 Å². The first-order valence-electron chi connectivity index (χ1n) is 11.9. The van der Waals surface area contributed by atoms with Crippen LogP contribution in [-0.4, -0.2) is 51.1 Å². The summed E-state index contributed by atoms with van der Waals surface area (Å²) in [6, 6.07) is 10.0. The van der Waals surface area contributed by atoms with E-state index < -0.39 is 17.6 Å². The predicted molar refractivity (Wildman–Crippen MR) is 136 cm³/mol. The molecular formula is C26H25F3N6O3. The number of methoxy groups -OCH3 is 1. The molecule has 2 aromatic heterocycles. The third kappa shape index (κ3) is 5.01. The zero-order chi connectivity index (χ0) is 26.9. The largest absolute Gasteiger partial charge is 0.495 e. The number of ether oxygens (including phenoxy) is 1. The van der Waals surface area contributed by atoms with Crippen molar-refractivity contribution in [3.63, 3.8) is 0 Å². The summed E-state index contributed by atoms with van der Waals surface area (Å²) < 4.78 is 46.6. The van der Waals surface area contributed by atoms with E-state index in [2.05, 4.69) is 25.6 Å². The highest BCUT2D eigenvalue weighted by Gasteiger charge is 2.35. The Morgan fingerprint density at radius 2 is 2.00 bits per heavy atom. The van der Waals surface area contributed by atoms with Gasteiger partial charge in [0, 0.05) is 48.4 Å². The van der Waals surface area contributed by atoms with Crippen LogP contribution in [0, 0.1) is 0 Å². The van der Waals surface area contributed by atoms with E-state index in [0.29, 0.717) is 47.2 Å². The maximum absolute atomic E-state index is 13.7. The molecule has 2 aromatic carbocycles. The van der Waals surface area contributed by atoms with Crippen LogP contribution in [0.5, 0.6) is 11.6 Å². The van der Waals surface area contributed by atoms with Gasteiger partial charge in [0.05, 0.1) is 12.8 Å². The van der Waals surface area contributed by atoms with Crippen LogP contribution in [0.15, 0.2) is 48.8 Å². The number of aromatic nitrogens is 3. The summed E-state index contributed by atoms with van der Waals surface area (Å²) in [5, 5.41) is 17.0. The molecular weight excluding hydrogens is 501 g/mol. The van der Waals surface area contributed by atoms with Gasteiger partial charge in [-0.3, -0.25) is 4.79 Å². The Morgan fingerprint density at radius 3 is 2.74 bits per heavy atom. The number of hydrogen-bond acceptors (Lipinski definition) is 7. The Kier molecular flexibility index (Phi) is 6.70. The van der Waals surface area contributed by atoms with Gasteiger partial charge < -0.3 is 30.4 Å². The molecule has 0 atom stereocenters. The Balaban J connectivity index is 1.41. The molecule has 1 amide bonds. The number of H-pyrrole nitrogens is 1. The quantitative estimate of drug-likeness (QED) is 0.259. The maximum Gasteiger partial charge on any atom is 0.421 e. The zero-order valence-electron chi connectivity index (χ0n) is 20.4. The number of nitrogens with one attached hydrogen (secondary N) is 3. The molecule has 1 aliphatic heterocycles. The van der Waals surface area contributed by atoms with Crippen molar-refractivity contribution < 1.29 is 27.8 Å². The van der Waals surface area contributed by atoms with E-state index in [-0.39, 0.29) is 24.3 Å². The van der Waals surface area contributed by atoms with Crippen molar-refractivity contribution in [2.45, 2.75) is 25.6 Å². The number of amides is 1. The number of carbonyl (C=O) groups excluding carboxylic acids is 1. The van der Waals surface area contributed by atoms with Crippen molar-refractivity contribution in [2.75, 3.05) is 30.8 Å². The van der Waals surface area contributed by atoms with Crippen LogP contribution in [0.1, 0.15) is 34.3 Å². The van der Waals surface area contributed by atoms with Crippen molar-refractivity contribution in [3.8, 4) is 11.6 Å². The van der Waals surface area contributed by atoms with E-state index in [9.17, 15) is 23.1 Å². The summed E-state index contributed by atoms with van der Waals surface area (Å²) in [5.74, 6) is -0.380. The number of alkyl halides is 3. The molecule has 12 heteroatoms. The molecule has 0 bridgehead atoms. The molecule has 5 rings (SSSR count). The van der Waals surface area contributed by atoms with Crippen LogP contribution >= 0.6 is 0 Å². The predicted octanol–water partition coefficient (Wildman–Crippen LogP) is 5.28. The Morgan fingerprint density at radius 1 is 1.21 bits per heavy atom. The molecule has 0 saturated carbocycles. The van der Waals surface area contributed by atoms with Gasteiger partial charge in [0.1, 0.15) is 17.1 Å². The molecule has 1 aliphatic rings. The number of carbonyl (C=O) groups is 1. The van der Waals surface area contributed by atoms with Gasteiger partial charge in [0.15, 0.2) is 5.88 Å². The molecule has 4 aromatic rings. The number of aromatic amines is 1. The summed E-state index contributed by atoms with van der Waals surface area (Å²) in [6.45, 7) is 1.38. The maximum atomic E-state index is 13.7. The summed E-state index contributed by atoms with van der Waals surface area (Å²) in [6.07, 6.45) is -0.460. The number of fused-ring (bicyclic) bond motifs is 1. The smallest absolute Gasteiger partial charge is 0.421 e. The third-order valence-electron chi connectivity index (χ3n) is 6.41. The van der Waals surface area contributed by atoms with Crippen LogP contribution in [-0.2, 0) is 12.7 Å². The van der Waals surface area contributed by atoms with E-state index in [1.807, 2.05) is 0 Å². The number of benzene rings is 2. The standard InChI is InChI=1S/C26H25F3N6O3/c1-38-20-11-15(24(37)35-9-2-3-10-35)7-8-19(20)33-25-32-14-18(26(27,28)29)22(34-25)30-12-16-5-4-6-17-13-31-23(36)21(16)17/h4-8,11,13-14,31,36H,2-3,9-10,12H2,1H3,(H2,30,32,33,34). The van der Waals surface area contributed by atoms with Crippen molar-refractivity contribution >= 4 is 34.1 Å². The highest BCUT2D eigenvalue weighted by Crippen LogP contribution is 2.36. The van der Waals surface area contributed by atoms with Gasteiger partial charge in [-0.15, -0.1) is 0 Å². The van der Waals surface area contributed by atoms with Crippen molar-refractivity contribution in [2.24, 2.45) is 0 Å². The summed E-state index contributed by atoms with van der Waals surface area (Å²) in [7, 11) is 1.43. The van der Waals surface area contributed by atoms with Crippen LogP contribution in [0.25, 0.3) is 10.8 Å². The zero-order valence-corrected chi connectivity index (χ0v) is 20.4. The van der Waals surface area contributed by atoms with Crippen LogP contribution in [0.3, 0.4) is 0 Å². The summed E-state index contributed by atoms with van der Waals surface area (Å²) >= 11 is 0. The first kappa shape index (κ1) is 25.2. The van der Waals surface area contributed by atoms with E-state index in [0.717, 1.165) is 18.2 Å². The van der Waals surface area contributed by atoms with Gasteiger partial charge in [-0.05, 0) is 36.6 Å². The number of hydrogen-bond donors (Lipinski definition) is 4. The van der Waals surface area contributed by atoms with Crippen LogP contribution in [0.2, 0.25) is 0 Å². The number of anilines is 3. The lowest BCUT2D eigenvalue weighted by Gasteiger charge is -2.18. The molecule has 198 valence electrons. The second-order valence-electron chi connectivity index (χ2n) is 8.87. The minimum Gasteiger partial charge on any atom is -0.495 e. The first-order valence-corrected chi connectivity index (χ1v) is 11.9. The second kappa shape index (κ2) is 10.1. The lowest BCUT2D eigenvalue weighted by atomic mass is 10.1. The second-order valence-corrected chi connectivity index (χ2v) is 8.87. The summed E-state index contributed by atoms with van der Waals surface area (Å²) in [4.78, 5) is 25.1. The van der Waals surface area contributed by atoms with Gasteiger partial charge in [0.25, 0.3) is 5.91 Å². The topological polar surface area (TPSA) is 115 Å². The van der Waals surface area contributed by atoms with E-state index in [4.69, 9.17) is 4.74 Å². The van der Waals surface area contributed by atoms with Gasteiger partial charge in [-0.1, -0.05) is 18.2 Å². The molecule has 1 fully saturated rings. The lowest BCUT2D eigenvalue weighted by Crippen LogP contribution is -2.27. The van der Waals surface area contributed by atoms with Gasteiger partial charge in [0.2, 0.25) is 5.95 Å². The molecule has 0 radical (unpaired) electrons. The van der Waals surface area contributed by atoms with E-state index >= 15 is 0 Å². The molecule has 0 unspecified atom stereocenters. The fraction of sp³-hybridized carbons (Fsp3) is 0.269. The minimum atomic E-state index is -4.70. The van der Waals surface area contributed by atoms with Crippen molar-refractivity contribution in [1.82, 2.24) is 19.9 Å². The fourth-order valence-corrected chi connectivity index (χ4v) is 4.51. The minimum absolute atomic E-state index is 0.0289. The Labute approximate surface area is 215 Å². The first-order chi connectivity index (χ1) is 18.2. The molecule has 4 N–H and O–H groups in total. The monoisotopic (exact) mass is 526 g/mol. The molecule has 9 nitrogen and oxygen atoms in total. The highest BCUT2D eigenvalue weighted by molar-refractivity contribution is 5.95. The molecule has 3 heterocycles. The van der Waals surface area contributed by atoms with Crippen molar-refractivity contribution in [3.05, 3.63) is 65.5 Å². The molecule has 38 heavy (non-hydrogen) atoms. The third-order valence-corrected chi connectivity index (χ3v) is 6.41. The number of likely N-dealkylation sites (tertiary alicyclic amines) is 1. The SMILES string of the molecule is COc1cc(C(=O)N2CCCC2)ccc1Nc1ncc(C(F)(F)F)c(NCc2cccc3c[nH]c(O)c23)n1. The molecule has 0 aliphatic carbocycles. The van der Waals surface area contributed by atoms with Crippen molar-refractivity contribution in [1.29, 1.82) is 0 Å². The van der Waals surface area contributed by atoms with Crippen LogP contribution < -0.4 is 15.4 Å².